The first-order valence-electron chi connectivity index (χ1n) is 10.9. The summed E-state index contributed by atoms with van der Waals surface area (Å²) < 4.78 is 15.7. The van der Waals surface area contributed by atoms with Crippen molar-refractivity contribution in [3.05, 3.63) is 70.9 Å². The van der Waals surface area contributed by atoms with Gasteiger partial charge >= 0.3 is 0 Å². The van der Waals surface area contributed by atoms with Crippen LogP contribution in [0.3, 0.4) is 0 Å². The average molecular weight is 472 g/mol. The van der Waals surface area contributed by atoms with E-state index < -0.39 is 11.4 Å². The first kappa shape index (κ1) is 22.0. The Morgan fingerprint density at radius 2 is 1.82 bits per heavy atom. The molecule has 1 aliphatic rings. The molecule has 0 aliphatic heterocycles. The van der Waals surface area contributed by atoms with Crippen molar-refractivity contribution >= 4 is 22.8 Å². The van der Waals surface area contributed by atoms with Crippen molar-refractivity contribution in [2.75, 3.05) is 0 Å². The van der Waals surface area contributed by atoms with Crippen LogP contribution in [0.15, 0.2) is 48.5 Å². The minimum Gasteiger partial charge on any atom is -0.378 e. The van der Waals surface area contributed by atoms with Crippen molar-refractivity contribution in [2.45, 2.75) is 37.7 Å². The lowest BCUT2D eigenvalue weighted by atomic mass is 9.85. The molecular formula is C26H19ClFN5O. The fourth-order valence-corrected chi connectivity index (χ4v) is 4.40. The summed E-state index contributed by atoms with van der Waals surface area (Å²) in [6.07, 6.45) is 4.15. The van der Waals surface area contributed by atoms with Gasteiger partial charge in [-0.1, -0.05) is 42.1 Å². The SMILES string of the molecule is N#Cc1cccc(-n2c(-c3cccc(F)c3)nc3c(Cl)nc(C#CC4(O)CCCCC4)nc32)c1. The highest BCUT2D eigenvalue weighted by Gasteiger charge is 2.27. The quantitative estimate of drug-likeness (QED) is 0.321. The van der Waals surface area contributed by atoms with Gasteiger partial charge < -0.3 is 5.11 Å². The molecule has 0 atom stereocenters. The van der Waals surface area contributed by atoms with E-state index >= 15 is 0 Å². The number of aliphatic hydroxyl groups is 1. The van der Waals surface area contributed by atoms with E-state index in [0.29, 0.717) is 46.6 Å². The number of fused-ring (bicyclic) bond motifs is 1. The zero-order chi connectivity index (χ0) is 23.7. The molecule has 0 saturated heterocycles. The number of rotatable bonds is 2. The number of imidazole rings is 1. The Morgan fingerprint density at radius 1 is 1.03 bits per heavy atom. The smallest absolute Gasteiger partial charge is 0.208 e. The topological polar surface area (TPSA) is 87.6 Å². The van der Waals surface area contributed by atoms with Crippen molar-refractivity contribution < 1.29 is 9.50 Å². The van der Waals surface area contributed by atoms with Crippen molar-refractivity contribution in [3.8, 4) is 35.0 Å². The van der Waals surface area contributed by atoms with Crippen LogP contribution in [0, 0.1) is 29.0 Å². The van der Waals surface area contributed by atoms with Crippen LogP contribution in [-0.4, -0.2) is 30.2 Å². The number of hydrogen-bond donors (Lipinski definition) is 1. The van der Waals surface area contributed by atoms with Gasteiger partial charge in [-0.15, -0.1) is 0 Å². The molecule has 1 N–H and O–H groups in total. The number of aromatic nitrogens is 4. The molecule has 4 aromatic rings. The maximum atomic E-state index is 14.0. The van der Waals surface area contributed by atoms with Crippen molar-refractivity contribution in [1.29, 1.82) is 5.26 Å². The predicted molar refractivity (Wildman–Crippen MR) is 127 cm³/mol. The van der Waals surface area contributed by atoms with Crippen LogP contribution in [0.5, 0.6) is 0 Å². The van der Waals surface area contributed by atoms with Crippen LogP contribution in [0.1, 0.15) is 43.5 Å². The molecule has 1 fully saturated rings. The van der Waals surface area contributed by atoms with E-state index in [-0.39, 0.29) is 11.0 Å². The molecule has 2 aromatic heterocycles. The van der Waals surface area contributed by atoms with Crippen LogP contribution in [0.4, 0.5) is 4.39 Å². The standard InChI is InChI=1S/C26H19ClFN5O/c27-23-22-25(31-21(30-23)10-13-26(34)11-2-1-3-12-26)33(20-9-4-6-17(14-20)16-29)24(32-22)18-7-5-8-19(28)15-18/h4-9,14-15,34H,1-3,11-12H2. The summed E-state index contributed by atoms with van der Waals surface area (Å²) in [5, 5.41) is 20.2. The number of nitrogens with zero attached hydrogens (tertiary/aromatic N) is 5. The first-order valence-corrected chi connectivity index (χ1v) is 11.3. The summed E-state index contributed by atoms with van der Waals surface area (Å²) in [7, 11) is 0. The molecule has 6 nitrogen and oxygen atoms in total. The lowest BCUT2D eigenvalue weighted by Gasteiger charge is -2.26. The Hall–Kier alpha value is -3.78. The fourth-order valence-electron chi connectivity index (χ4n) is 4.19. The van der Waals surface area contributed by atoms with Crippen LogP contribution >= 0.6 is 11.6 Å². The summed E-state index contributed by atoms with van der Waals surface area (Å²) in [6, 6.07) is 15.1. The lowest BCUT2D eigenvalue weighted by molar-refractivity contribution is 0.0610. The van der Waals surface area contributed by atoms with E-state index in [4.69, 9.17) is 11.6 Å². The van der Waals surface area contributed by atoms with E-state index in [1.165, 1.54) is 12.1 Å². The van der Waals surface area contributed by atoms with E-state index in [9.17, 15) is 14.8 Å². The zero-order valence-corrected chi connectivity index (χ0v) is 18.8. The number of halogens is 2. The van der Waals surface area contributed by atoms with E-state index in [2.05, 4.69) is 32.9 Å². The molecule has 5 rings (SSSR count). The van der Waals surface area contributed by atoms with E-state index in [0.717, 1.165) is 19.3 Å². The number of hydrogen-bond acceptors (Lipinski definition) is 5. The maximum absolute atomic E-state index is 14.0. The highest BCUT2D eigenvalue weighted by atomic mass is 35.5. The Bertz CT molecular complexity index is 1510. The second-order valence-corrected chi connectivity index (χ2v) is 8.65. The van der Waals surface area contributed by atoms with Crippen LogP contribution in [-0.2, 0) is 0 Å². The van der Waals surface area contributed by atoms with Gasteiger partial charge in [-0.3, -0.25) is 4.57 Å². The van der Waals surface area contributed by atoms with Gasteiger partial charge in [0, 0.05) is 5.56 Å². The molecule has 0 amide bonds. The maximum Gasteiger partial charge on any atom is 0.208 e. The van der Waals surface area contributed by atoms with Crippen molar-refractivity contribution in [1.82, 2.24) is 19.5 Å². The molecule has 34 heavy (non-hydrogen) atoms. The highest BCUT2D eigenvalue weighted by molar-refractivity contribution is 6.33. The Kier molecular flexibility index (Phi) is 5.75. The van der Waals surface area contributed by atoms with Gasteiger partial charge in [0.05, 0.1) is 17.3 Å². The van der Waals surface area contributed by atoms with Gasteiger partial charge in [0.2, 0.25) is 5.82 Å². The molecule has 2 heterocycles. The molecule has 0 unspecified atom stereocenters. The third-order valence-electron chi connectivity index (χ3n) is 5.87. The number of nitriles is 1. The highest BCUT2D eigenvalue weighted by Crippen LogP contribution is 2.31. The van der Waals surface area contributed by atoms with Gasteiger partial charge in [-0.2, -0.15) is 5.26 Å². The number of benzene rings is 2. The molecule has 1 aliphatic carbocycles. The summed E-state index contributed by atoms with van der Waals surface area (Å²) >= 11 is 6.48. The van der Waals surface area contributed by atoms with Crippen LogP contribution in [0.2, 0.25) is 5.15 Å². The molecule has 1 saturated carbocycles. The Morgan fingerprint density at radius 3 is 2.59 bits per heavy atom. The fraction of sp³-hybridized carbons (Fsp3) is 0.231. The third-order valence-corrected chi connectivity index (χ3v) is 6.13. The molecule has 0 spiro atoms. The van der Waals surface area contributed by atoms with Gasteiger partial charge in [0.25, 0.3) is 0 Å². The molecule has 0 bridgehead atoms. The summed E-state index contributed by atoms with van der Waals surface area (Å²) in [5.74, 6) is 5.96. The van der Waals surface area contributed by atoms with E-state index in [1.54, 1.807) is 41.0 Å². The Balaban J connectivity index is 1.73. The van der Waals surface area contributed by atoms with Gasteiger partial charge in [-0.25, -0.2) is 19.3 Å². The summed E-state index contributed by atoms with van der Waals surface area (Å²) in [5.41, 5.74) is 1.21. The largest absolute Gasteiger partial charge is 0.378 e. The summed E-state index contributed by atoms with van der Waals surface area (Å²) in [4.78, 5) is 13.5. The monoisotopic (exact) mass is 471 g/mol. The van der Waals surface area contributed by atoms with Crippen molar-refractivity contribution in [2.24, 2.45) is 0 Å². The van der Waals surface area contributed by atoms with Gasteiger partial charge in [-0.05, 0) is 61.9 Å². The minimum absolute atomic E-state index is 0.0952. The second kappa shape index (κ2) is 8.87. The van der Waals surface area contributed by atoms with Crippen LogP contribution < -0.4 is 0 Å². The average Bonchev–Trinajstić information content (AvgIpc) is 3.24. The molecule has 2 aromatic carbocycles. The third kappa shape index (κ3) is 4.24. The predicted octanol–water partition coefficient (Wildman–Crippen LogP) is 5.19. The lowest BCUT2D eigenvalue weighted by Crippen LogP contribution is -2.29. The molecule has 0 radical (unpaired) electrons. The zero-order valence-electron chi connectivity index (χ0n) is 18.1. The molecular weight excluding hydrogens is 453 g/mol. The van der Waals surface area contributed by atoms with Gasteiger partial charge in [0.15, 0.2) is 10.8 Å². The summed E-state index contributed by atoms with van der Waals surface area (Å²) in [6.45, 7) is 0. The second-order valence-electron chi connectivity index (χ2n) is 8.30. The van der Waals surface area contributed by atoms with Crippen molar-refractivity contribution in [3.63, 3.8) is 0 Å². The minimum atomic E-state index is -1.06. The molecule has 8 heteroatoms. The van der Waals surface area contributed by atoms with Crippen LogP contribution in [0.25, 0.3) is 28.2 Å². The normalized spacial score (nSPS) is 14.9. The Labute approximate surface area is 200 Å². The molecule has 168 valence electrons. The first-order chi connectivity index (χ1) is 16.5. The van der Waals surface area contributed by atoms with E-state index in [1.807, 2.05) is 0 Å². The van der Waals surface area contributed by atoms with Gasteiger partial charge in [0.1, 0.15) is 22.8 Å².